The molecule has 2 fully saturated rings. The number of rotatable bonds is 0. The Morgan fingerprint density at radius 2 is 1.40 bits per heavy atom. The molecule has 2 rings (SSSR count). The standard InChI is InChI=1S/C10H19N.2C2H6/c1-8-6-7-9-4-2-3-5-10(9)11-8;2*1-2/h8-11H,2-7H2,1H3;2*1-2H3. The highest BCUT2D eigenvalue weighted by Gasteiger charge is 2.29. The molecule has 0 aromatic carbocycles. The van der Waals surface area contributed by atoms with Crippen molar-refractivity contribution in [1.29, 1.82) is 0 Å². The number of hydrogen-bond donors (Lipinski definition) is 1. The summed E-state index contributed by atoms with van der Waals surface area (Å²) < 4.78 is 0. The van der Waals surface area contributed by atoms with Crippen LogP contribution in [0.2, 0.25) is 0 Å². The van der Waals surface area contributed by atoms with Crippen LogP contribution in [0.25, 0.3) is 0 Å². The van der Waals surface area contributed by atoms with Crippen LogP contribution < -0.4 is 5.32 Å². The minimum Gasteiger partial charge on any atom is -0.311 e. The van der Waals surface area contributed by atoms with Crippen molar-refractivity contribution >= 4 is 0 Å². The zero-order valence-corrected chi connectivity index (χ0v) is 11.5. The van der Waals surface area contributed by atoms with Crippen molar-refractivity contribution in [3.8, 4) is 0 Å². The first kappa shape index (κ1) is 15.0. The van der Waals surface area contributed by atoms with Crippen LogP contribution in [0.4, 0.5) is 0 Å². The Balaban J connectivity index is 0.000000442. The van der Waals surface area contributed by atoms with Crippen LogP contribution in [0.15, 0.2) is 0 Å². The highest BCUT2D eigenvalue weighted by atomic mass is 15.0. The highest BCUT2D eigenvalue weighted by molar-refractivity contribution is 4.87. The zero-order chi connectivity index (χ0) is 11.7. The van der Waals surface area contributed by atoms with Gasteiger partial charge in [-0.1, -0.05) is 40.5 Å². The van der Waals surface area contributed by atoms with Gasteiger partial charge in [-0.2, -0.15) is 0 Å². The van der Waals surface area contributed by atoms with E-state index in [-0.39, 0.29) is 0 Å². The third-order valence-corrected chi connectivity index (χ3v) is 3.38. The van der Waals surface area contributed by atoms with Crippen LogP contribution in [-0.2, 0) is 0 Å². The lowest BCUT2D eigenvalue weighted by Crippen LogP contribution is -2.47. The van der Waals surface area contributed by atoms with Crippen LogP contribution in [-0.4, -0.2) is 12.1 Å². The second-order valence-corrected chi connectivity index (χ2v) is 4.30. The van der Waals surface area contributed by atoms with Gasteiger partial charge in [-0.15, -0.1) is 0 Å². The van der Waals surface area contributed by atoms with Crippen LogP contribution >= 0.6 is 0 Å². The van der Waals surface area contributed by atoms with E-state index in [0.29, 0.717) is 0 Å². The Morgan fingerprint density at radius 1 is 0.800 bits per heavy atom. The van der Waals surface area contributed by atoms with Crippen molar-refractivity contribution in [2.45, 2.75) is 85.2 Å². The first-order valence-corrected chi connectivity index (χ1v) is 7.12. The monoisotopic (exact) mass is 213 g/mol. The first-order valence-electron chi connectivity index (χ1n) is 7.12. The Hall–Kier alpha value is -0.0400. The third-order valence-electron chi connectivity index (χ3n) is 3.38. The maximum absolute atomic E-state index is 3.72. The van der Waals surface area contributed by atoms with Crippen molar-refractivity contribution in [3.05, 3.63) is 0 Å². The molecule has 15 heavy (non-hydrogen) atoms. The predicted octanol–water partition coefficient (Wildman–Crippen LogP) is 4.37. The lowest BCUT2D eigenvalue weighted by Gasteiger charge is -2.39. The number of hydrogen-bond acceptors (Lipinski definition) is 1. The smallest absolute Gasteiger partial charge is 0.00978 e. The van der Waals surface area contributed by atoms with Crippen molar-refractivity contribution in [2.75, 3.05) is 0 Å². The van der Waals surface area contributed by atoms with Crippen LogP contribution in [0.3, 0.4) is 0 Å². The molecule has 3 unspecified atom stereocenters. The fourth-order valence-electron chi connectivity index (χ4n) is 2.69. The largest absolute Gasteiger partial charge is 0.311 e. The van der Waals surface area contributed by atoms with Crippen LogP contribution in [0.1, 0.15) is 73.1 Å². The normalized spacial score (nSPS) is 33.8. The van der Waals surface area contributed by atoms with E-state index in [1.807, 2.05) is 27.7 Å². The van der Waals surface area contributed by atoms with E-state index in [1.165, 1.54) is 38.5 Å². The molecule has 1 aliphatic heterocycles. The van der Waals surface area contributed by atoms with Gasteiger partial charge in [0.15, 0.2) is 0 Å². The average Bonchev–Trinajstić information content (AvgIpc) is 2.34. The summed E-state index contributed by atoms with van der Waals surface area (Å²) in [6, 6.07) is 1.67. The molecule has 1 heteroatoms. The maximum atomic E-state index is 3.72. The van der Waals surface area contributed by atoms with E-state index in [4.69, 9.17) is 0 Å². The van der Waals surface area contributed by atoms with Gasteiger partial charge in [0.1, 0.15) is 0 Å². The zero-order valence-electron chi connectivity index (χ0n) is 11.5. The van der Waals surface area contributed by atoms with Crippen molar-refractivity contribution < 1.29 is 0 Å². The second kappa shape index (κ2) is 9.21. The summed E-state index contributed by atoms with van der Waals surface area (Å²) in [5.41, 5.74) is 0. The number of nitrogens with one attached hydrogen (secondary N) is 1. The molecule has 3 atom stereocenters. The van der Waals surface area contributed by atoms with Crippen LogP contribution in [0.5, 0.6) is 0 Å². The fraction of sp³-hybridized carbons (Fsp3) is 1.00. The van der Waals surface area contributed by atoms with Gasteiger partial charge in [0.2, 0.25) is 0 Å². The van der Waals surface area contributed by atoms with Gasteiger partial charge < -0.3 is 5.32 Å². The van der Waals surface area contributed by atoms with E-state index in [1.54, 1.807) is 0 Å². The van der Waals surface area contributed by atoms with Crippen LogP contribution in [0, 0.1) is 5.92 Å². The van der Waals surface area contributed by atoms with Gasteiger partial charge >= 0.3 is 0 Å². The molecule has 0 aromatic rings. The molecule has 92 valence electrons. The Morgan fingerprint density at radius 3 is 2.07 bits per heavy atom. The Kier molecular flexibility index (Phi) is 9.18. The second-order valence-electron chi connectivity index (χ2n) is 4.30. The van der Waals surface area contributed by atoms with Crippen molar-refractivity contribution in [3.63, 3.8) is 0 Å². The lowest BCUT2D eigenvalue weighted by molar-refractivity contribution is 0.182. The Labute approximate surface area is 97.0 Å². The van der Waals surface area contributed by atoms with Gasteiger partial charge in [0.05, 0.1) is 0 Å². The molecule has 1 saturated carbocycles. The van der Waals surface area contributed by atoms with Gasteiger partial charge in [0, 0.05) is 12.1 Å². The maximum Gasteiger partial charge on any atom is 0.00978 e. The molecule has 1 saturated heterocycles. The summed E-state index contributed by atoms with van der Waals surface area (Å²) in [5.74, 6) is 1.03. The number of piperidine rings is 1. The lowest BCUT2D eigenvalue weighted by atomic mass is 9.78. The minimum atomic E-state index is 0.786. The summed E-state index contributed by atoms with van der Waals surface area (Å²) in [6.45, 7) is 10.3. The van der Waals surface area contributed by atoms with Gasteiger partial charge in [-0.3, -0.25) is 0 Å². The van der Waals surface area contributed by atoms with Crippen molar-refractivity contribution in [2.24, 2.45) is 5.92 Å². The van der Waals surface area contributed by atoms with E-state index < -0.39 is 0 Å². The summed E-state index contributed by atoms with van der Waals surface area (Å²) >= 11 is 0. The van der Waals surface area contributed by atoms with E-state index in [2.05, 4.69) is 12.2 Å². The topological polar surface area (TPSA) is 12.0 Å². The average molecular weight is 213 g/mol. The summed E-state index contributed by atoms with van der Waals surface area (Å²) in [5, 5.41) is 3.72. The molecule has 1 nitrogen and oxygen atoms in total. The Bertz CT molecular complexity index is 133. The van der Waals surface area contributed by atoms with E-state index in [9.17, 15) is 0 Å². The first-order chi connectivity index (χ1) is 7.36. The van der Waals surface area contributed by atoms with Gasteiger partial charge in [0.25, 0.3) is 0 Å². The summed E-state index contributed by atoms with van der Waals surface area (Å²) in [7, 11) is 0. The minimum absolute atomic E-state index is 0.786. The number of fused-ring (bicyclic) bond motifs is 1. The van der Waals surface area contributed by atoms with Gasteiger partial charge in [-0.25, -0.2) is 0 Å². The third kappa shape index (κ3) is 5.01. The molecule has 0 bridgehead atoms. The molecular formula is C14H31N. The predicted molar refractivity (Wildman–Crippen MR) is 70.3 cm³/mol. The van der Waals surface area contributed by atoms with Crippen molar-refractivity contribution in [1.82, 2.24) is 5.32 Å². The molecule has 0 amide bonds. The molecule has 1 heterocycles. The summed E-state index contributed by atoms with van der Waals surface area (Å²) in [4.78, 5) is 0. The molecular weight excluding hydrogens is 182 g/mol. The molecule has 2 aliphatic rings. The SMILES string of the molecule is CC.CC.CC1CCC2CCCCC2N1. The molecule has 0 aromatic heterocycles. The van der Waals surface area contributed by atoms with Gasteiger partial charge in [-0.05, 0) is 38.5 Å². The molecule has 0 spiro atoms. The van der Waals surface area contributed by atoms with E-state index >= 15 is 0 Å². The van der Waals surface area contributed by atoms with E-state index in [0.717, 1.165) is 18.0 Å². The molecule has 0 radical (unpaired) electrons. The highest BCUT2D eigenvalue weighted by Crippen LogP contribution is 2.31. The molecule has 1 N–H and O–H groups in total. The summed E-state index contributed by atoms with van der Waals surface area (Å²) in [6.07, 6.45) is 8.76. The molecule has 1 aliphatic carbocycles. The fourth-order valence-corrected chi connectivity index (χ4v) is 2.69. The quantitative estimate of drug-likeness (QED) is 0.630.